The van der Waals surface area contributed by atoms with Crippen molar-refractivity contribution in [2.24, 2.45) is 0 Å². The van der Waals surface area contributed by atoms with Gasteiger partial charge in [-0.15, -0.1) is 15.0 Å². The Morgan fingerprint density at radius 2 is 1.33 bits per heavy atom. The number of hydrogen-bond donors (Lipinski definition) is 0. The topological polar surface area (TPSA) is 75.6 Å². The first kappa shape index (κ1) is 13.9. The fraction of sp³-hybridized carbons (Fsp3) is 0.364. The van der Waals surface area contributed by atoms with Crippen LogP contribution in [0.5, 0.6) is 18.0 Å². The SMILES string of the molecule is C=CCOc1nc(OCC=C)nc(OCOC)n1. The summed E-state index contributed by atoms with van der Waals surface area (Å²) >= 11 is 0. The average Bonchev–Trinajstić information content (AvgIpc) is 2.40. The zero-order valence-electron chi connectivity index (χ0n) is 10.2. The maximum Gasteiger partial charge on any atom is 0.327 e. The van der Waals surface area contributed by atoms with Crippen LogP contribution >= 0.6 is 0 Å². The Morgan fingerprint density at radius 1 is 0.889 bits per heavy atom. The van der Waals surface area contributed by atoms with Crippen molar-refractivity contribution >= 4 is 0 Å². The third-order valence-corrected chi connectivity index (χ3v) is 1.54. The minimum Gasteiger partial charge on any atom is -0.459 e. The molecule has 0 saturated carbocycles. The van der Waals surface area contributed by atoms with Gasteiger partial charge < -0.3 is 18.9 Å². The Morgan fingerprint density at radius 3 is 1.72 bits per heavy atom. The highest BCUT2D eigenvalue weighted by molar-refractivity contribution is 5.09. The van der Waals surface area contributed by atoms with Crippen molar-refractivity contribution in [3.05, 3.63) is 25.3 Å². The lowest BCUT2D eigenvalue weighted by Gasteiger charge is -2.07. The van der Waals surface area contributed by atoms with E-state index in [1.165, 1.54) is 7.11 Å². The number of methoxy groups -OCH3 is 1. The summed E-state index contributed by atoms with van der Waals surface area (Å²) in [5, 5.41) is 0. The normalized spacial score (nSPS) is 9.61. The van der Waals surface area contributed by atoms with Crippen LogP contribution < -0.4 is 14.2 Å². The van der Waals surface area contributed by atoms with Crippen LogP contribution in [0.25, 0.3) is 0 Å². The lowest BCUT2D eigenvalue weighted by molar-refractivity contribution is 0.0427. The second-order valence-corrected chi connectivity index (χ2v) is 2.93. The van der Waals surface area contributed by atoms with E-state index in [0.29, 0.717) is 0 Å². The predicted molar refractivity (Wildman–Crippen MR) is 63.7 cm³/mol. The lowest BCUT2D eigenvalue weighted by Crippen LogP contribution is -2.08. The van der Waals surface area contributed by atoms with E-state index in [0.717, 1.165) is 0 Å². The first-order valence-electron chi connectivity index (χ1n) is 5.15. The van der Waals surface area contributed by atoms with Crippen LogP contribution in [0.3, 0.4) is 0 Å². The molecule has 98 valence electrons. The van der Waals surface area contributed by atoms with E-state index in [9.17, 15) is 0 Å². The summed E-state index contributed by atoms with van der Waals surface area (Å²) in [5.41, 5.74) is 0. The zero-order valence-corrected chi connectivity index (χ0v) is 10.2. The van der Waals surface area contributed by atoms with Gasteiger partial charge >= 0.3 is 18.0 Å². The fourth-order valence-electron chi connectivity index (χ4n) is 0.893. The molecule has 7 heteroatoms. The zero-order chi connectivity index (χ0) is 13.2. The molecule has 0 aliphatic rings. The Balaban J connectivity index is 2.80. The highest BCUT2D eigenvalue weighted by Crippen LogP contribution is 2.14. The molecule has 0 atom stereocenters. The van der Waals surface area contributed by atoms with Crippen molar-refractivity contribution in [3.8, 4) is 18.0 Å². The molecular formula is C11H15N3O4. The van der Waals surface area contributed by atoms with Gasteiger partial charge in [0.05, 0.1) is 0 Å². The largest absolute Gasteiger partial charge is 0.459 e. The van der Waals surface area contributed by atoms with E-state index < -0.39 is 0 Å². The Kier molecular flexibility index (Phi) is 6.20. The van der Waals surface area contributed by atoms with Crippen LogP contribution in [0.15, 0.2) is 25.3 Å². The van der Waals surface area contributed by atoms with Gasteiger partial charge in [-0.05, 0) is 0 Å². The van der Waals surface area contributed by atoms with Crippen LogP contribution in [-0.2, 0) is 4.74 Å². The molecule has 0 radical (unpaired) electrons. The second kappa shape index (κ2) is 8.02. The molecule has 1 heterocycles. The standard InChI is InChI=1S/C11H15N3O4/c1-4-6-16-9-12-10(17-7-5-2)14-11(13-9)18-8-15-3/h4-5H,1-2,6-8H2,3H3. The Hall–Kier alpha value is -2.15. The van der Waals surface area contributed by atoms with Gasteiger partial charge in [0.15, 0.2) is 6.79 Å². The Bertz CT molecular complexity index is 368. The van der Waals surface area contributed by atoms with Gasteiger partial charge in [-0.3, -0.25) is 0 Å². The number of ether oxygens (including phenoxy) is 4. The summed E-state index contributed by atoms with van der Waals surface area (Å²) in [6.07, 6.45) is 3.15. The molecule has 1 aromatic rings. The number of rotatable bonds is 9. The van der Waals surface area contributed by atoms with Gasteiger partial charge in [0.2, 0.25) is 0 Å². The van der Waals surface area contributed by atoms with Crippen LogP contribution in [0.2, 0.25) is 0 Å². The van der Waals surface area contributed by atoms with Crippen LogP contribution in [0.1, 0.15) is 0 Å². The number of aromatic nitrogens is 3. The van der Waals surface area contributed by atoms with Gasteiger partial charge in [-0.1, -0.05) is 25.3 Å². The molecule has 7 nitrogen and oxygen atoms in total. The minimum absolute atomic E-state index is 0.0197. The molecule has 0 aliphatic carbocycles. The van der Waals surface area contributed by atoms with Crippen LogP contribution in [0, 0.1) is 0 Å². The molecule has 0 fully saturated rings. The smallest absolute Gasteiger partial charge is 0.327 e. The number of nitrogens with zero attached hydrogens (tertiary/aromatic N) is 3. The van der Waals surface area contributed by atoms with Crippen molar-refractivity contribution < 1.29 is 18.9 Å². The van der Waals surface area contributed by atoms with E-state index in [1.54, 1.807) is 12.2 Å². The summed E-state index contributed by atoms with van der Waals surface area (Å²) in [4.78, 5) is 11.8. The third kappa shape index (κ3) is 4.79. The molecular weight excluding hydrogens is 238 g/mol. The maximum atomic E-state index is 5.19. The van der Waals surface area contributed by atoms with Gasteiger partial charge in [-0.2, -0.15) is 0 Å². The fourth-order valence-corrected chi connectivity index (χ4v) is 0.893. The summed E-state index contributed by atoms with van der Waals surface area (Å²) in [5.74, 6) is 0. The van der Waals surface area contributed by atoms with Gasteiger partial charge in [0.25, 0.3) is 0 Å². The summed E-state index contributed by atoms with van der Waals surface area (Å²) < 4.78 is 20.2. The molecule has 0 aromatic carbocycles. The minimum atomic E-state index is 0.0197. The first-order chi connectivity index (χ1) is 8.80. The molecule has 0 bridgehead atoms. The van der Waals surface area contributed by atoms with Gasteiger partial charge in [-0.25, -0.2) is 0 Å². The van der Waals surface area contributed by atoms with Crippen molar-refractivity contribution in [3.63, 3.8) is 0 Å². The molecule has 0 N–H and O–H groups in total. The number of hydrogen-bond acceptors (Lipinski definition) is 7. The van der Waals surface area contributed by atoms with E-state index in [1.807, 2.05) is 0 Å². The van der Waals surface area contributed by atoms with E-state index in [4.69, 9.17) is 18.9 Å². The van der Waals surface area contributed by atoms with Gasteiger partial charge in [0, 0.05) is 7.11 Å². The molecule has 18 heavy (non-hydrogen) atoms. The Labute approximate surface area is 105 Å². The van der Waals surface area contributed by atoms with Crippen LogP contribution in [-0.4, -0.2) is 42.1 Å². The van der Waals surface area contributed by atoms with Crippen molar-refractivity contribution in [1.29, 1.82) is 0 Å². The maximum absolute atomic E-state index is 5.19. The quantitative estimate of drug-likeness (QED) is 0.479. The molecule has 0 amide bonds. The summed E-state index contributed by atoms with van der Waals surface area (Å²) in [6.45, 7) is 7.62. The highest BCUT2D eigenvalue weighted by Gasteiger charge is 2.09. The highest BCUT2D eigenvalue weighted by atomic mass is 16.7. The van der Waals surface area contributed by atoms with Crippen molar-refractivity contribution in [2.45, 2.75) is 0 Å². The summed E-state index contributed by atoms with van der Waals surface area (Å²) in [7, 11) is 1.49. The van der Waals surface area contributed by atoms with E-state index in [-0.39, 0.29) is 38.0 Å². The molecule has 1 rings (SSSR count). The molecule has 0 aliphatic heterocycles. The first-order valence-corrected chi connectivity index (χ1v) is 5.15. The van der Waals surface area contributed by atoms with Crippen molar-refractivity contribution in [1.82, 2.24) is 15.0 Å². The van der Waals surface area contributed by atoms with Crippen LogP contribution in [0.4, 0.5) is 0 Å². The monoisotopic (exact) mass is 253 g/mol. The molecule has 0 saturated heterocycles. The average molecular weight is 253 g/mol. The second-order valence-electron chi connectivity index (χ2n) is 2.93. The molecule has 1 aromatic heterocycles. The molecule has 0 unspecified atom stereocenters. The molecule has 0 spiro atoms. The van der Waals surface area contributed by atoms with Crippen molar-refractivity contribution in [2.75, 3.05) is 27.1 Å². The van der Waals surface area contributed by atoms with E-state index in [2.05, 4.69) is 28.1 Å². The lowest BCUT2D eigenvalue weighted by atomic mass is 10.7. The third-order valence-electron chi connectivity index (χ3n) is 1.54. The predicted octanol–water partition coefficient (Wildman–Crippen LogP) is 0.984. The van der Waals surface area contributed by atoms with Gasteiger partial charge in [0.1, 0.15) is 13.2 Å². The summed E-state index contributed by atoms with van der Waals surface area (Å²) in [6, 6.07) is 0.245. The van der Waals surface area contributed by atoms with E-state index >= 15 is 0 Å².